The monoisotopic (exact) mass is 282 g/mol. The summed E-state index contributed by atoms with van der Waals surface area (Å²) in [5.74, 6) is 4.27. The van der Waals surface area contributed by atoms with Gasteiger partial charge >= 0.3 is 0 Å². The maximum atomic E-state index is 4.57. The van der Waals surface area contributed by atoms with Crippen LogP contribution in [0.3, 0.4) is 0 Å². The van der Waals surface area contributed by atoms with Gasteiger partial charge in [-0.3, -0.25) is 0 Å². The Morgan fingerprint density at radius 3 is 2.32 bits per heavy atom. The number of anilines is 2. The first-order valence-corrected chi connectivity index (χ1v) is 8.42. The molecule has 4 nitrogen and oxygen atoms in total. The van der Waals surface area contributed by atoms with Crippen molar-refractivity contribution in [1.29, 1.82) is 0 Å². The van der Waals surface area contributed by atoms with Crippen molar-refractivity contribution in [2.45, 2.75) is 39.5 Å². The van der Waals surface area contributed by atoms with Crippen molar-refractivity contribution in [3.05, 3.63) is 11.9 Å². The molecular formula is C14H26N4S. The van der Waals surface area contributed by atoms with Gasteiger partial charge in [-0.2, -0.15) is 11.8 Å². The van der Waals surface area contributed by atoms with Gasteiger partial charge in [-0.05, 0) is 24.9 Å². The highest BCUT2D eigenvalue weighted by Gasteiger charge is 2.07. The predicted molar refractivity (Wildman–Crippen MR) is 86.4 cm³/mol. The fourth-order valence-electron chi connectivity index (χ4n) is 1.59. The summed E-state index contributed by atoms with van der Waals surface area (Å²) in [6.07, 6.45) is 4.38. The molecule has 1 aromatic heterocycles. The molecule has 0 bridgehead atoms. The van der Waals surface area contributed by atoms with E-state index in [0.29, 0.717) is 5.92 Å². The average molecular weight is 282 g/mol. The molecule has 2 N–H and O–H groups in total. The molecule has 0 aromatic carbocycles. The van der Waals surface area contributed by atoms with Crippen molar-refractivity contribution in [1.82, 2.24) is 9.97 Å². The molecule has 0 amide bonds. The molecule has 0 aliphatic rings. The molecule has 0 fully saturated rings. The molecule has 0 saturated carbocycles. The minimum atomic E-state index is 0.343. The molecule has 0 radical (unpaired) electrons. The molecule has 1 rings (SSSR count). The lowest BCUT2D eigenvalue weighted by Crippen LogP contribution is -2.10. The first kappa shape index (κ1) is 16.1. The van der Waals surface area contributed by atoms with Crippen molar-refractivity contribution in [2.24, 2.45) is 0 Å². The fourth-order valence-corrected chi connectivity index (χ4v) is 2.02. The smallest absolute Gasteiger partial charge is 0.135 e. The second-order valence-corrected chi connectivity index (χ2v) is 5.84. The highest BCUT2D eigenvalue weighted by molar-refractivity contribution is 7.98. The molecule has 5 heteroatoms. The number of nitrogens with one attached hydrogen (secondary N) is 2. The first-order chi connectivity index (χ1) is 9.17. The van der Waals surface area contributed by atoms with E-state index >= 15 is 0 Å². The van der Waals surface area contributed by atoms with Crippen molar-refractivity contribution in [3.8, 4) is 0 Å². The van der Waals surface area contributed by atoms with Gasteiger partial charge in [0, 0.05) is 25.1 Å². The van der Waals surface area contributed by atoms with Gasteiger partial charge in [0.25, 0.3) is 0 Å². The van der Waals surface area contributed by atoms with Gasteiger partial charge < -0.3 is 10.6 Å². The second-order valence-electron chi connectivity index (χ2n) is 4.85. The van der Waals surface area contributed by atoms with Crippen LogP contribution >= 0.6 is 11.8 Å². The summed E-state index contributed by atoms with van der Waals surface area (Å²) < 4.78 is 0. The van der Waals surface area contributed by atoms with Crippen molar-refractivity contribution in [2.75, 3.05) is 35.7 Å². The number of nitrogens with zero attached hydrogens (tertiary/aromatic N) is 2. The van der Waals surface area contributed by atoms with Crippen molar-refractivity contribution < 1.29 is 0 Å². The zero-order chi connectivity index (χ0) is 14.1. The fraction of sp³-hybridized carbons (Fsp3) is 0.714. The molecule has 0 aliphatic heterocycles. The highest BCUT2D eigenvalue weighted by atomic mass is 32.2. The zero-order valence-corrected chi connectivity index (χ0v) is 13.3. The summed E-state index contributed by atoms with van der Waals surface area (Å²) in [6.45, 7) is 8.30. The van der Waals surface area contributed by atoms with E-state index in [9.17, 15) is 0 Å². The molecule has 108 valence electrons. The van der Waals surface area contributed by atoms with Crippen LogP contribution in [0.1, 0.15) is 45.4 Å². The molecule has 19 heavy (non-hydrogen) atoms. The van der Waals surface area contributed by atoms with Crippen LogP contribution in [-0.4, -0.2) is 35.1 Å². The van der Waals surface area contributed by atoms with Crippen LogP contribution in [0.15, 0.2) is 6.07 Å². The lowest BCUT2D eigenvalue weighted by Gasteiger charge is -2.12. The van der Waals surface area contributed by atoms with Gasteiger partial charge in [0.05, 0.1) is 0 Å². The van der Waals surface area contributed by atoms with E-state index in [1.165, 1.54) is 5.75 Å². The predicted octanol–water partition coefficient (Wildman–Crippen LogP) is 3.59. The maximum absolute atomic E-state index is 4.57. The molecule has 0 spiro atoms. The second kappa shape index (κ2) is 9.02. The van der Waals surface area contributed by atoms with Crippen LogP contribution in [0.4, 0.5) is 11.6 Å². The maximum Gasteiger partial charge on any atom is 0.135 e. The van der Waals surface area contributed by atoms with Crippen LogP contribution in [0.2, 0.25) is 0 Å². The minimum Gasteiger partial charge on any atom is -0.370 e. The van der Waals surface area contributed by atoms with Crippen LogP contribution in [0.5, 0.6) is 0 Å². The first-order valence-electron chi connectivity index (χ1n) is 7.03. The summed E-state index contributed by atoms with van der Waals surface area (Å²) in [7, 11) is 0. The molecule has 0 atom stereocenters. The molecule has 1 heterocycles. The van der Waals surface area contributed by atoms with Gasteiger partial charge in [-0.1, -0.05) is 20.8 Å². The number of aromatic nitrogens is 2. The van der Waals surface area contributed by atoms with Gasteiger partial charge in [0.15, 0.2) is 0 Å². The summed E-state index contributed by atoms with van der Waals surface area (Å²) >= 11 is 1.87. The van der Waals surface area contributed by atoms with E-state index in [-0.39, 0.29) is 0 Å². The van der Waals surface area contributed by atoms with E-state index < -0.39 is 0 Å². The normalized spacial score (nSPS) is 10.8. The summed E-state index contributed by atoms with van der Waals surface area (Å²) in [6, 6.07) is 2.00. The Morgan fingerprint density at radius 2 is 1.79 bits per heavy atom. The summed E-state index contributed by atoms with van der Waals surface area (Å²) in [5.41, 5.74) is 0. The van der Waals surface area contributed by atoms with E-state index in [1.807, 2.05) is 17.8 Å². The Hall–Kier alpha value is -0.970. The van der Waals surface area contributed by atoms with E-state index in [1.54, 1.807) is 0 Å². The number of thioether (sulfide) groups is 1. The Kier molecular flexibility index (Phi) is 7.63. The minimum absolute atomic E-state index is 0.343. The largest absolute Gasteiger partial charge is 0.370 e. The van der Waals surface area contributed by atoms with E-state index in [2.05, 4.69) is 47.6 Å². The Morgan fingerprint density at radius 1 is 1.16 bits per heavy atom. The molecule has 0 aliphatic carbocycles. The topological polar surface area (TPSA) is 49.8 Å². The SMILES string of the molecule is CCCNc1cc(NCCCSC)nc(C(C)C)n1. The Balaban J connectivity index is 2.69. The molecule has 0 unspecified atom stereocenters. The van der Waals surface area contributed by atoms with E-state index in [4.69, 9.17) is 0 Å². The van der Waals surface area contributed by atoms with Crippen LogP contribution in [0.25, 0.3) is 0 Å². The Bertz CT molecular complexity index is 368. The number of hydrogen-bond donors (Lipinski definition) is 2. The third-order valence-electron chi connectivity index (χ3n) is 2.65. The van der Waals surface area contributed by atoms with Gasteiger partial charge in [0.2, 0.25) is 0 Å². The standard InChI is InChI=1S/C14H26N4S/c1-5-7-15-12-10-13(16-8-6-9-19-4)18-14(17-12)11(2)3/h10-11H,5-9H2,1-4H3,(H2,15,16,17,18). The van der Waals surface area contributed by atoms with Gasteiger partial charge in [0.1, 0.15) is 17.5 Å². The lowest BCUT2D eigenvalue weighted by atomic mass is 10.2. The van der Waals surface area contributed by atoms with Crippen LogP contribution in [0, 0.1) is 0 Å². The molecule has 0 saturated heterocycles. The molecule has 1 aromatic rings. The third-order valence-corrected chi connectivity index (χ3v) is 3.34. The zero-order valence-electron chi connectivity index (χ0n) is 12.5. The van der Waals surface area contributed by atoms with Crippen molar-refractivity contribution in [3.63, 3.8) is 0 Å². The number of rotatable bonds is 9. The van der Waals surface area contributed by atoms with Gasteiger partial charge in [-0.25, -0.2) is 9.97 Å². The van der Waals surface area contributed by atoms with Crippen molar-refractivity contribution >= 4 is 23.4 Å². The van der Waals surface area contributed by atoms with Crippen LogP contribution < -0.4 is 10.6 Å². The lowest BCUT2D eigenvalue weighted by molar-refractivity contribution is 0.773. The Labute approximate surface area is 121 Å². The summed E-state index contributed by atoms with van der Waals surface area (Å²) in [4.78, 5) is 9.12. The average Bonchev–Trinajstić information content (AvgIpc) is 2.41. The number of hydrogen-bond acceptors (Lipinski definition) is 5. The summed E-state index contributed by atoms with van der Waals surface area (Å²) in [5, 5.41) is 6.72. The quantitative estimate of drug-likeness (QED) is 0.678. The van der Waals surface area contributed by atoms with E-state index in [0.717, 1.165) is 43.4 Å². The van der Waals surface area contributed by atoms with Gasteiger partial charge in [-0.15, -0.1) is 0 Å². The highest BCUT2D eigenvalue weighted by Crippen LogP contribution is 2.17. The third kappa shape index (κ3) is 6.14. The molecular weight excluding hydrogens is 256 g/mol. The van der Waals surface area contributed by atoms with Crippen LogP contribution in [-0.2, 0) is 0 Å².